The van der Waals surface area contributed by atoms with Crippen LogP contribution in [0.25, 0.3) is 10.9 Å². The molecule has 3 rings (SSSR count). The van der Waals surface area contributed by atoms with Crippen LogP contribution in [-0.4, -0.2) is 22.4 Å². The maximum absolute atomic E-state index is 13.3. The van der Waals surface area contributed by atoms with Gasteiger partial charge in [0.15, 0.2) is 0 Å². The lowest BCUT2D eigenvalue weighted by Crippen LogP contribution is -2.36. The van der Waals surface area contributed by atoms with Gasteiger partial charge >= 0.3 is 0 Å². The van der Waals surface area contributed by atoms with Crippen molar-refractivity contribution in [2.45, 2.75) is 19.3 Å². The van der Waals surface area contributed by atoms with E-state index in [1.165, 1.54) is 18.3 Å². The van der Waals surface area contributed by atoms with Crippen LogP contribution in [-0.2, 0) is 5.41 Å². The van der Waals surface area contributed by atoms with Crippen LogP contribution in [0.15, 0.2) is 48.9 Å². The van der Waals surface area contributed by atoms with Crippen LogP contribution in [0.1, 0.15) is 29.8 Å². The van der Waals surface area contributed by atoms with Crippen molar-refractivity contribution in [2.24, 2.45) is 0 Å². The largest absolute Gasteiger partial charge is 0.361 e. The normalized spacial score (nSPS) is 11.6. The second-order valence-corrected chi connectivity index (χ2v) is 6.20. The molecule has 5 heteroatoms. The molecule has 2 N–H and O–H groups in total. The average molecular weight is 311 g/mol. The Morgan fingerprint density at radius 2 is 2.17 bits per heavy atom. The molecule has 1 amide bonds. The number of aromatic nitrogens is 2. The number of halogens is 1. The Balaban J connectivity index is 1.79. The molecule has 0 atom stereocenters. The smallest absolute Gasteiger partial charge is 0.252 e. The zero-order valence-electron chi connectivity index (χ0n) is 13.1. The molecule has 0 aliphatic heterocycles. The summed E-state index contributed by atoms with van der Waals surface area (Å²) in [6, 6.07) is 8.15. The molecule has 3 aromatic rings. The molecule has 0 radical (unpaired) electrons. The summed E-state index contributed by atoms with van der Waals surface area (Å²) in [6.45, 7) is 4.55. The number of H-pyrrole nitrogens is 1. The second-order valence-electron chi connectivity index (χ2n) is 6.20. The number of fused-ring (bicyclic) bond motifs is 1. The van der Waals surface area contributed by atoms with Gasteiger partial charge in [-0.1, -0.05) is 13.8 Å². The summed E-state index contributed by atoms with van der Waals surface area (Å²) < 4.78 is 13.3. The van der Waals surface area contributed by atoms with E-state index in [9.17, 15) is 9.18 Å². The van der Waals surface area contributed by atoms with E-state index >= 15 is 0 Å². The third-order valence-corrected chi connectivity index (χ3v) is 3.99. The summed E-state index contributed by atoms with van der Waals surface area (Å²) in [5, 5.41) is 3.90. The number of rotatable bonds is 4. The van der Waals surface area contributed by atoms with Crippen molar-refractivity contribution in [2.75, 3.05) is 6.54 Å². The summed E-state index contributed by atoms with van der Waals surface area (Å²) in [7, 11) is 0. The van der Waals surface area contributed by atoms with Crippen molar-refractivity contribution in [3.05, 3.63) is 65.9 Å². The van der Waals surface area contributed by atoms with Gasteiger partial charge in [-0.05, 0) is 35.9 Å². The molecule has 0 fully saturated rings. The molecule has 4 nitrogen and oxygen atoms in total. The number of aromatic amines is 1. The summed E-state index contributed by atoms with van der Waals surface area (Å²) in [6.07, 6.45) is 5.04. The van der Waals surface area contributed by atoms with E-state index in [1.54, 1.807) is 24.4 Å². The molecular formula is C18H18FN3O. The van der Waals surface area contributed by atoms with Gasteiger partial charge in [-0.2, -0.15) is 0 Å². The highest BCUT2D eigenvalue weighted by Gasteiger charge is 2.25. The van der Waals surface area contributed by atoms with Crippen molar-refractivity contribution in [1.29, 1.82) is 0 Å². The number of amides is 1. The van der Waals surface area contributed by atoms with Gasteiger partial charge in [-0.25, -0.2) is 4.39 Å². The van der Waals surface area contributed by atoms with Gasteiger partial charge < -0.3 is 10.3 Å². The second kappa shape index (κ2) is 5.83. The van der Waals surface area contributed by atoms with Crippen molar-refractivity contribution in [3.8, 4) is 0 Å². The fourth-order valence-electron chi connectivity index (χ4n) is 2.65. The Morgan fingerprint density at radius 3 is 2.91 bits per heavy atom. The predicted octanol–water partition coefficient (Wildman–Crippen LogP) is 3.41. The maximum atomic E-state index is 13.3. The summed E-state index contributed by atoms with van der Waals surface area (Å²) in [5.41, 5.74) is 2.03. The minimum Gasteiger partial charge on any atom is -0.361 e. The fraction of sp³-hybridized carbons (Fsp3) is 0.222. The van der Waals surface area contributed by atoms with Gasteiger partial charge in [0, 0.05) is 41.5 Å². The molecular weight excluding hydrogens is 293 g/mol. The lowest BCUT2D eigenvalue weighted by atomic mass is 9.84. The van der Waals surface area contributed by atoms with Crippen molar-refractivity contribution in [3.63, 3.8) is 0 Å². The highest BCUT2D eigenvalue weighted by molar-refractivity contribution is 5.94. The van der Waals surface area contributed by atoms with Gasteiger partial charge in [-0.3, -0.25) is 9.78 Å². The average Bonchev–Trinajstić information content (AvgIpc) is 2.97. The van der Waals surface area contributed by atoms with E-state index in [-0.39, 0.29) is 17.1 Å². The Kier molecular flexibility index (Phi) is 3.86. The third kappa shape index (κ3) is 3.08. The van der Waals surface area contributed by atoms with Crippen LogP contribution < -0.4 is 5.32 Å². The van der Waals surface area contributed by atoms with Crippen LogP contribution in [0.5, 0.6) is 0 Å². The molecule has 0 saturated carbocycles. The molecule has 23 heavy (non-hydrogen) atoms. The Morgan fingerprint density at radius 1 is 1.35 bits per heavy atom. The van der Waals surface area contributed by atoms with Gasteiger partial charge in [-0.15, -0.1) is 0 Å². The fourth-order valence-corrected chi connectivity index (χ4v) is 2.65. The Labute approximate surface area is 133 Å². The van der Waals surface area contributed by atoms with E-state index in [2.05, 4.69) is 15.3 Å². The quantitative estimate of drug-likeness (QED) is 0.776. The van der Waals surface area contributed by atoms with E-state index in [1.807, 2.05) is 20.0 Å². The number of pyridine rings is 1. The third-order valence-electron chi connectivity index (χ3n) is 3.99. The van der Waals surface area contributed by atoms with Crippen molar-refractivity contribution >= 4 is 16.8 Å². The topological polar surface area (TPSA) is 57.8 Å². The lowest BCUT2D eigenvalue weighted by molar-refractivity contribution is 0.0945. The monoisotopic (exact) mass is 311 g/mol. The van der Waals surface area contributed by atoms with Gasteiger partial charge in [0.25, 0.3) is 5.91 Å². The van der Waals surface area contributed by atoms with E-state index in [0.29, 0.717) is 12.1 Å². The Bertz CT molecular complexity index is 840. The van der Waals surface area contributed by atoms with Gasteiger partial charge in [0.05, 0.1) is 5.56 Å². The van der Waals surface area contributed by atoms with Gasteiger partial charge in [0.2, 0.25) is 0 Å². The molecule has 0 spiro atoms. The first-order valence-electron chi connectivity index (χ1n) is 7.43. The van der Waals surface area contributed by atoms with Crippen molar-refractivity contribution < 1.29 is 9.18 Å². The molecule has 0 bridgehead atoms. The summed E-state index contributed by atoms with van der Waals surface area (Å²) >= 11 is 0. The zero-order chi connectivity index (χ0) is 16.4. The van der Waals surface area contributed by atoms with Crippen LogP contribution in [0.2, 0.25) is 0 Å². The first-order chi connectivity index (χ1) is 11.0. The first-order valence-corrected chi connectivity index (χ1v) is 7.43. The van der Waals surface area contributed by atoms with E-state index < -0.39 is 0 Å². The highest BCUT2D eigenvalue weighted by atomic mass is 19.1. The van der Waals surface area contributed by atoms with Crippen LogP contribution in [0.3, 0.4) is 0 Å². The molecule has 2 heterocycles. The van der Waals surface area contributed by atoms with E-state index in [0.717, 1.165) is 16.5 Å². The minimum atomic E-state index is -0.298. The molecule has 0 aliphatic rings. The number of nitrogens with zero attached hydrogens (tertiary/aromatic N) is 1. The summed E-state index contributed by atoms with van der Waals surface area (Å²) in [5.74, 6) is -0.425. The van der Waals surface area contributed by atoms with Gasteiger partial charge in [0.1, 0.15) is 5.82 Å². The minimum absolute atomic E-state index is 0.155. The van der Waals surface area contributed by atoms with Crippen LogP contribution in [0, 0.1) is 5.82 Å². The zero-order valence-corrected chi connectivity index (χ0v) is 13.1. The van der Waals surface area contributed by atoms with Crippen molar-refractivity contribution in [1.82, 2.24) is 15.3 Å². The number of nitrogens with one attached hydrogen (secondary N) is 2. The number of hydrogen-bond acceptors (Lipinski definition) is 2. The molecule has 2 aromatic heterocycles. The number of hydrogen-bond donors (Lipinski definition) is 2. The number of carbonyl (C=O) groups is 1. The SMILES string of the molecule is CC(C)(CNC(=O)c1cccnc1)c1c[nH]c2cc(F)ccc12. The lowest BCUT2D eigenvalue weighted by Gasteiger charge is -2.25. The number of carbonyl (C=O) groups excluding carboxylic acids is 1. The van der Waals surface area contributed by atoms with Crippen LogP contribution >= 0.6 is 0 Å². The standard InChI is InChI=1S/C18H18FN3O/c1-18(2,11-22-17(23)12-4-3-7-20-9-12)15-10-21-16-8-13(19)5-6-14(15)16/h3-10,21H,11H2,1-2H3,(H,22,23). The maximum Gasteiger partial charge on any atom is 0.252 e. The first kappa shape index (κ1) is 15.2. The Hall–Kier alpha value is -2.69. The molecule has 0 unspecified atom stereocenters. The summed E-state index contributed by atoms with van der Waals surface area (Å²) in [4.78, 5) is 19.2. The van der Waals surface area contributed by atoms with Crippen LogP contribution in [0.4, 0.5) is 4.39 Å². The van der Waals surface area contributed by atoms with E-state index in [4.69, 9.17) is 0 Å². The predicted molar refractivity (Wildman–Crippen MR) is 87.9 cm³/mol. The highest BCUT2D eigenvalue weighted by Crippen LogP contribution is 2.30. The molecule has 0 aliphatic carbocycles. The molecule has 1 aromatic carbocycles. The molecule has 0 saturated heterocycles. The molecule has 118 valence electrons. The number of benzene rings is 1.